The van der Waals surface area contributed by atoms with E-state index in [4.69, 9.17) is 9.26 Å². The monoisotopic (exact) mass is 487 g/mol. The van der Waals surface area contributed by atoms with Crippen LogP contribution < -0.4 is 14.8 Å². The Labute approximate surface area is 210 Å². The molecule has 1 heterocycles. The average molecular weight is 488 g/mol. The number of benzene rings is 2. The molecule has 2 aromatic carbocycles. The van der Waals surface area contributed by atoms with Crippen LogP contribution in [0.2, 0.25) is 0 Å². The maximum absolute atomic E-state index is 12.9. The Hall–Kier alpha value is -2.93. The van der Waals surface area contributed by atoms with Crippen LogP contribution in [0.5, 0.6) is 5.75 Å². The van der Waals surface area contributed by atoms with E-state index in [1.54, 1.807) is 7.11 Å². The quantitative estimate of drug-likeness (QED) is 0.311. The number of nitrogens with zero attached hydrogens (tertiary/aromatic N) is 1. The summed E-state index contributed by atoms with van der Waals surface area (Å²) in [6, 6.07) is 15.3. The van der Waals surface area contributed by atoms with Crippen LogP contribution in [0, 0.1) is 0 Å². The van der Waals surface area contributed by atoms with Gasteiger partial charge in [0.05, 0.1) is 24.2 Å². The molecule has 0 unspecified atom stereocenters. The molecule has 0 aliphatic rings. The number of amides is 1. The summed E-state index contributed by atoms with van der Waals surface area (Å²) in [7, 11) is 1.64. The standard InChI is InChI=1S/C21H23N3O3S.3C2H6/c1-4-16-20(19(5-2)27-23-16)21(25)22-17-8-6-7-9-18(17)24-28-15-12-10-14(26-3)11-13-15;3*1-2/h6-13,24H,4-5H2,1-3H3,(H,22,25);3*1-2H3. The lowest BCUT2D eigenvalue weighted by Crippen LogP contribution is -2.15. The van der Waals surface area contributed by atoms with Crippen LogP contribution in [0.15, 0.2) is 57.9 Å². The zero-order valence-corrected chi connectivity index (χ0v) is 22.9. The van der Waals surface area contributed by atoms with Gasteiger partial charge in [0.2, 0.25) is 0 Å². The van der Waals surface area contributed by atoms with E-state index in [1.165, 1.54) is 11.9 Å². The first-order chi connectivity index (χ1) is 16.7. The van der Waals surface area contributed by atoms with E-state index in [9.17, 15) is 4.79 Å². The number of rotatable bonds is 8. The van der Waals surface area contributed by atoms with E-state index >= 15 is 0 Å². The lowest BCUT2D eigenvalue weighted by molar-refractivity contribution is 0.102. The maximum atomic E-state index is 12.9. The average Bonchev–Trinajstić information content (AvgIpc) is 3.35. The van der Waals surface area contributed by atoms with Crippen LogP contribution in [-0.2, 0) is 12.8 Å². The first-order valence-corrected chi connectivity index (χ1v) is 12.9. The number of methoxy groups -OCH3 is 1. The highest BCUT2D eigenvalue weighted by Gasteiger charge is 2.21. The summed E-state index contributed by atoms with van der Waals surface area (Å²) in [6.07, 6.45) is 1.25. The molecule has 0 aliphatic heterocycles. The number of ether oxygens (including phenoxy) is 1. The van der Waals surface area contributed by atoms with Crippen molar-refractivity contribution >= 4 is 29.2 Å². The fraction of sp³-hybridized carbons (Fsp3) is 0.407. The molecule has 7 heteroatoms. The Morgan fingerprint density at radius 3 is 2.03 bits per heavy atom. The van der Waals surface area contributed by atoms with E-state index in [2.05, 4.69) is 15.2 Å². The van der Waals surface area contributed by atoms with Gasteiger partial charge in [0.25, 0.3) is 5.91 Å². The number of anilines is 2. The molecule has 2 N–H and O–H groups in total. The highest BCUT2D eigenvalue weighted by Crippen LogP contribution is 2.29. The third kappa shape index (κ3) is 9.14. The van der Waals surface area contributed by atoms with Gasteiger partial charge in [-0.2, -0.15) is 0 Å². The van der Waals surface area contributed by atoms with Crippen molar-refractivity contribution in [3.8, 4) is 5.75 Å². The number of nitrogens with one attached hydrogen (secondary N) is 2. The zero-order chi connectivity index (χ0) is 25.9. The van der Waals surface area contributed by atoms with Gasteiger partial charge >= 0.3 is 0 Å². The molecule has 6 nitrogen and oxygen atoms in total. The van der Waals surface area contributed by atoms with Crippen molar-refractivity contribution in [2.24, 2.45) is 0 Å². The number of aromatic nitrogens is 1. The maximum Gasteiger partial charge on any atom is 0.261 e. The second kappa shape index (κ2) is 18.5. The van der Waals surface area contributed by atoms with Crippen molar-refractivity contribution in [1.29, 1.82) is 0 Å². The number of hydrogen-bond donors (Lipinski definition) is 2. The molecule has 0 radical (unpaired) electrons. The highest BCUT2D eigenvalue weighted by atomic mass is 32.2. The SMILES string of the molecule is CC.CC.CC.CCc1noc(CC)c1C(=O)Nc1ccccc1NSc1ccc(OC)cc1. The molecule has 0 spiro atoms. The van der Waals surface area contributed by atoms with Crippen LogP contribution in [0.3, 0.4) is 0 Å². The van der Waals surface area contributed by atoms with Gasteiger partial charge in [-0.15, -0.1) is 0 Å². The molecular formula is C27H41N3O3S. The predicted octanol–water partition coefficient (Wildman–Crippen LogP) is 8.26. The van der Waals surface area contributed by atoms with Crippen LogP contribution in [0.25, 0.3) is 0 Å². The molecule has 0 fully saturated rings. The minimum Gasteiger partial charge on any atom is -0.497 e. The number of para-hydroxylation sites is 2. The van der Waals surface area contributed by atoms with E-state index in [0.29, 0.717) is 35.5 Å². The Kier molecular flexibility index (Phi) is 16.9. The van der Waals surface area contributed by atoms with Gasteiger partial charge in [-0.05, 0) is 54.8 Å². The molecule has 0 saturated carbocycles. The lowest BCUT2D eigenvalue weighted by atomic mass is 10.1. The van der Waals surface area contributed by atoms with E-state index < -0.39 is 0 Å². The topological polar surface area (TPSA) is 76.4 Å². The van der Waals surface area contributed by atoms with Crippen molar-refractivity contribution in [3.05, 3.63) is 65.5 Å². The summed E-state index contributed by atoms with van der Waals surface area (Å²) < 4.78 is 13.8. The van der Waals surface area contributed by atoms with Gasteiger partial charge in [0, 0.05) is 11.3 Å². The molecule has 0 bridgehead atoms. The van der Waals surface area contributed by atoms with E-state index in [-0.39, 0.29) is 5.91 Å². The molecule has 3 rings (SSSR count). The van der Waals surface area contributed by atoms with Gasteiger partial charge in [-0.1, -0.05) is 72.7 Å². The lowest BCUT2D eigenvalue weighted by Gasteiger charge is -2.13. The molecule has 1 amide bonds. The van der Waals surface area contributed by atoms with Crippen molar-refractivity contribution < 1.29 is 14.1 Å². The summed E-state index contributed by atoms with van der Waals surface area (Å²) in [6.45, 7) is 15.9. The summed E-state index contributed by atoms with van der Waals surface area (Å²) >= 11 is 1.46. The predicted molar refractivity (Wildman–Crippen MR) is 146 cm³/mol. The second-order valence-corrected chi connectivity index (χ2v) is 6.89. The Morgan fingerprint density at radius 1 is 0.912 bits per heavy atom. The van der Waals surface area contributed by atoms with Gasteiger partial charge in [0.15, 0.2) is 0 Å². The van der Waals surface area contributed by atoms with Gasteiger partial charge < -0.3 is 19.3 Å². The fourth-order valence-corrected chi connectivity index (χ4v) is 3.40. The van der Waals surface area contributed by atoms with Crippen LogP contribution in [-0.4, -0.2) is 18.2 Å². The number of carbonyl (C=O) groups excluding carboxylic acids is 1. The molecule has 1 aromatic heterocycles. The minimum atomic E-state index is -0.210. The number of hydrogen-bond acceptors (Lipinski definition) is 6. The normalized spacial score (nSPS) is 9.21. The van der Waals surface area contributed by atoms with Gasteiger partial charge in [0.1, 0.15) is 17.1 Å². The van der Waals surface area contributed by atoms with Crippen molar-refractivity contribution in [3.63, 3.8) is 0 Å². The number of aryl methyl sites for hydroxylation is 2. The van der Waals surface area contributed by atoms with Crippen molar-refractivity contribution in [2.45, 2.75) is 73.1 Å². The fourth-order valence-electron chi connectivity index (χ4n) is 2.73. The molecular weight excluding hydrogens is 446 g/mol. The third-order valence-electron chi connectivity index (χ3n) is 4.23. The Balaban J connectivity index is 0.00000168. The summed E-state index contributed by atoms with van der Waals surface area (Å²) in [4.78, 5) is 13.9. The molecule has 0 aliphatic carbocycles. The van der Waals surface area contributed by atoms with Gasteiger partial charge in [-0.3, -0.25) is 4.79 Å². The molecule has 188 valence electrons. The summed E-state index contributed by atoms with van der Waals surface area (Å²) in [5, 5.41) is 7.00. The largest absolute Gasteiger partial charge is 0.497 e. The molecule has 34 heavy (non-hydrogen) atoms. The second-order valence-electron chi connectivity index (χ2n) is 6.01. The molecule has 0 saturated heterocycles. The number of carbonyl (C=O) groups is 1. The Morgan fingerprint density at radius 2 is 1.50 bits per heavy atom. The smallest absolute Gasteiger partial charge is 0.261 e. The summed E-state index contributed by atoms with van der Waals surface area (Å²) in [5.74, 6) is 1.20. The van der Waals surface area contributed by atoms with E-state index in [0.717, 1.165) is 16.3 Å². The van der Waals surface area contributed by atoms with Crippen molar-refractivity contribution in [2.75, 3.05) is 17.1 Å². The van der Waals surface area contributed by atoms with Gasteiger partial charge in [-0.25, -0.2) is 0 Å². The van der Waals surface area contributed by atoms with Crippen LogP contribution in [0.4, 0.5) is 11.4 Å². The minimum absolute atomic E-state index is 0.210. The Bertz CT molecular complexity index is 919. The first kappa shape index (κ1) is 31.1. The molecule has 0 atom stereocenters. The van der Waals surface area contributed by atoms with E-state index in [1.807, 2.05) is 104 Å². The van der Waals surface area contributed by atoms with Crippen LogP contribution >= 0.6 is 11.9 Å². The molecule has 3 aromatic rings. The highest BCUT2D eigenvalue weighted by molar-refractivity contribution is 8.00. The first-order valence-electron chi connectivity index (χ1n) is 12.1. The third-order valence-corrected chi connectivity index (χ3v) is 5.06. The van der Waals surface area contributed by atoms with Crippen LogP contribution in [0.1, 0.15) is 77.2 Å². The zero-order valence-electron chi connectivity index (χ0n) is 22.1. The van der Waals surface area contributed by atoms with Crippen molar-refractivity contribution in [1.82, 2.24) is 5.16 Å². The summed E-state index contributed by atoms with van der Waals surface area (Å²) in [5.41, 5.74) is 2.71.